The van der Waals surface area contributed by atoms with Gasteiger partial charge in [0.15, 0.2) is 6.29 Å². The van der Waals surface area contributed by atoms with E-state index in [1.54, 1.807) is 0 Å². The van der Waals surface area contributed by atoms with Gasteiger partial charge in [-0.3, -0.25) is 9.59 Å². The number of halogens is 1. The summed E-state index contributed by atoms with van der Waals surface area (Å²) in [6.45, 7) is 2.43. The molecule has 50 heavy (non-hydrogen) atoms. The first-order valence-corrected chi connectivity index (χ1v) is 17.4. The Kier molecular flexibility index (Phi) is 11.6. The molecule has 2 aliphatic heterocycles. The highest BCUT2D eigenvalue weighted by molar-refractivity contribution is 6.30. The van der Waals surface area contributed by atoms with Crippen LogP contribution in [-0.2, 0) is 37.8 Å². The van der Waals surface area contributed by atoms with Crippen LogP contribution in [0.15, 0.2) is 97.1 Å². The molecule has 2 aliphatic rings. The van der Waals surface area contributed by atoms with Crippen molar-refractivity contribution in [3.05, 3.63) is 130 Å². The monoisotopic (exact) mass is 698 g/mol. The molecule has 4 N–H and O–H groups in total. The van der Waals surface area contributed by atoms with Gasteiger partial charge in [-0.1, -0.05) is 96.5 Å². The summed E-state index contributed by atoms with van der Waals surface area (Å²) in [7, 11) is 0. The quantitative estimate of drug-likeness (QED) is 0.132. The molecule has 4 aromatic carbocycles. The van der Waals surface area contributed by atoms with Crippen LogP contribution in [0.2, 0.25) is 5.02 Å². The number of nitrogens with zero attached hydrogens (tertiary/aromatic N) is 1. The zero-order chi connectivity index (χ0) is 35.1. The predicted molar refractivity (Wildman–Crippen MR) is 190 cm³/mol. The van der Waals surface area contributed by atoms with E-state index >= 15 is 0 Å². The maximum Gasteiger partial charge on any atom is 0.303 e. The second-order valence-corrected chi connectivity index (χ2v) is 13.6. The summed E-state index contributed by atoms with van der Waals surface area (Å²) in [5, 5.41) is 33.4. The normalized spacial score (nSPS) is 20.7. The van der Waals surface area contributed by atoms with Crippen molar-refractivity contribution in [3.63, 3.8) is 0 Å². The Morgan fingerprint density at radius 3 is 2.22 bits per heavy atom. The number of benzene rings is 4. The van der Waals surface area contributed by atoms with Crippen molar-refractivity contribution in [1.29, 1.82) is 0 Å². The first-order chi connectivity index (χ1) is 24.2. The Hall–Kier alpha value is -4.09. The third-order valence-corrected chi connectivity index (χ3v) is 9.95. The molecular weight excluding hydrogens is 656 g/mol. The van der Waals surface area contributed by atoms with Gasteiger partial charge in [-0.15, -0.1) is 0 Å². The standard InChI is InChI=1S/C40H43ClN2O7/c41-33-15-13-32(14-16-33)40(48)19-21-43(22-20-40)25-34-23-36(29-7-5-27(26-44)6-8-29)50-39(49-34)30-11-9-28(10-12-30)35-4-2-1-3-31(35)24-42-37(45)17-18-38(46)47/h1-16,34,36,39,44,48H,17-26H2,(H,42,45)(H,46,47)/t34-,36+,39+/m1/s1. The molecule has 0 unspecified atom stereocenters. The van der Waals surface area contributed by atoms with E-state index in [2.05, 4.69) is 10.2 Å². The van der Waals surface area contributed by atoms with Crippen LogP contribution in [0.4, 0.5) is 0 Å². The number of carbonyl (C=O) groups is 2. The fourth-order valence-corrected chi connectivity index (χ4v) is 6.88. The van der Waals surface area contributed by atoms with E-state index in [-0.39, 0.29) is 44.1 Å². The molecule has 0 spiro atoms. The highest BCUT2D eigenvalue weighted by atomic mass is 35.5. The minimum Gasteiger partial charge on any atom is -0.481 e. The molecule has 2 fully saturated rings. The van der Waals surface area contributed by atoms with E-state index in [9.17, 15) is 19.8 Å². The molecular formula is C40H43ClN2O7. The van der Waals surface area contributed by atoms with Gasteiger partial charge in [-0.2, -0.15) is 0 Å². The van der Waals surface area contributed by atoms with E-state index in [0.29, 0.717) is 30.8 Å². The van der Waals surface area contributed by atoms with E-state index in [1.165, 1.54) is 0 Å². The average Bonchev–Trinajstić information content (AvgIpc) is 3.14. The second-order valence-electron chi connectivity index (χ2n) is 13.1. The van der Waals surface area contributed by atoms with Gasteiger partial charge < -0.3 is 35.0 Å². The predicted octanol–water partition coefficient (Wildman–Crippen LogP) is 6.51. The number of carboxylic acids is 1. The number of rotatable bonds is 12. The van der Waals surface area contributed by atoms with Gasteiger partial charge in [0.1, 0.15) is 0 Å². The highest BCUT2D eigenvalue weighted by Gasteiger charge is 2.37. The van der Waals surface area contributed by atoms with Crippen LogP contribution >= 0.6 is 11.6 Å². The Bertz CT molecular complexity index is 1740. The maximum absolute atomic E-state index is 12.2. The van der Waals surface area contributed by atoms with Gasteiger partial charge in [0.05, 0.1) is 30.8 Å². The van der Waals surface area contributed by atoms with Crippen molar-refractivity contribution in [2.75, 3.05) is 19.6 Å². The van der Waals surface area contributed by atoms with Gasteiger partial charge >= 0.3 is 5.97 Å². The number of aliphatic hydroxyl groups is 2. The van der Waals surface area contributed by atoms with Crippen LogP contribution in [0.25, 0.3) is 11.1 Å². The Balaban J connectivity index is 1.15. The number of likely N-dealkylation sites (tertiary alicyclic amines) is 1. The van der Waals surface area contributed by atoms with Gasteiger partial charge in [0.2, 0.25) is 5.91 Å². The minimum atomic E-state index is -1.00. The van der Waals surface area contributed by atoms with Crippen LogP contribution < -0.4 is 5.32 Å². The molecule has 4 aromatic rings. The topological polar surface area (TPSA) is 129 Å². The van der Waals surface area contributed by atoms with Gasteiger partial charge in [0.25, 0.3) is 0 Å². The van der Waals surface area contributed by atoms with E-state index < -0.39 is 17.9 Å². The summed E-state index contributed by atoms with van der Waals surface area (Å²) in [5.41, 5.74) is 5.60. The van der Waals surface area contributed by atoms with Crippen molar-refractivity contribution in [2.45, 2.75) is 69.4 Å². The number of aliphatic hydroxyl groups excluding tert-OH is 1. The number of ether oxygens (including phenoxy) is 2. The summed E-state index contributed by atoms with van der Waals surface area (Å²) in [6.07, 6.45) is 0.674. The highest BCUT2D eigenvalue weighted by Crippen LogP contribution is 2.40. The minimum absolute atomic E-state index is 0.0237. The molecule has 0 bridgehead atoms. The Morgan fingerprint density at radius 1 is 0.860 bits per heavy atom. The number of amides is 1. The third kappa shape index (κ3) is 8.98. The molecule has 6 rings (SSSR count). The largest absolute Gasteiger partial charge is 0.481 e. The zero-order valence-corrected chi connectivity index (χ0v) is 28.6. The molecule has 0 saturated carbocycles. The lowest BCUT2D eigenvalue weighted by atomic mass is 9.84. The molecule has 0 radical (unpaired) electrons. The van der Waals surface area contributed by atoms with E-state index in [1.807, 2.05) is 97.1 Å². The summed E-state index contributed by atoms with van der Waals surface area (Å²) in [4.78, 5) is 25.4. The van der Waals surface area contributed by atoms with Crippen molar-refractivity contribution < 1.29 is 34.4 Å². The number of carbonyl (C=O) groups excluding carboxylic acids is 1. The zero-order valence-electron chi connectivity index (χ0n) is 27.8. The molecule has 2 saturated heterocycles. The van der Waals surface area contributed by atoms with Crippen LogP contribution in [0.3, 0.4) is 0 Å². The fraction of sp³-hybridized carbons (Fsp3) is 0.350. The number of aliphatic carboxylic acids is 1. The van der Waals surface area contributed by atoms with Gasteiger partial charge in [0, 0.05) is 49.6 Å². The lowest BCUT2D eigenvalue weighted by Gasteiger charge is -2.42. The van der Waals surface area contributed by atoms with Crippen molar-refractivity contribution >= 4 is 23.5 Å². The third-order valence-electron chi connectivity index (χ3n) is 9.69. The van der Waals surface area contributed by atoms with Crippen LogP contribution in [0.1, 0.15) is 72.3 Å². The molecule has 262 valence electrons. The second kappa shape index (κ2) is 16.3. The van der Waals surface area contributed by atoms with Crippen molar-refractivity contribution in [1.82, 2.24) is 10.2 Å². The lowest BCUT2D eigenvalue weighted by molar-refractivity contribution is -0.253. The molecule has 0 aliphatic carbocycles. The Morgan fingerprint density at radius 2 is 1.54 bits per heavy atom. The van der Waals surface area contributed by atoms with E-state index in [0.717, 1.165) is 52.0 Å². The average molecular weight is 699 g/mol. The van der Waals surface area contributed by atoms with Gasteiger partial charge in [-0.05, 0) is 58.4 Å². The van der Waals surface area contributed by atoms with Crippen molar-refractivity contribution in [2.24, 2.45) is 0 Å². The number of piperidine rings is 1. The number of carboxylic acid groups (broad SMARTS) is 1. The fourth-order valence-electron chi connectivity index (χ4n) is 6.75. The van der Waals surface area contributed by atoms with Gasteiger partial charge in [-0.25, -0.2) is 0 Å². The molecule has 1 amide bonds. The maximum atomic E-state index is 12.2. The lowest BCUT2D eigenvalue weighted by Crippen LogP contribution is -2.46. The SMILES string of the molecule is O=C(O)CCC(=O)NCc1ccccc1-c1ccc([C@H]2O[C@@H](CN3CCC(O)(c4ccc(Cl)cc4)CC3)C[C@@H](c3ccc(CO)cc3)O2)cc1. The smallest absolute Gasteiger partial charge is 0.303 e. The van der Waals surface area contributed by atoms with Crippen LogP contribution in [0, 0.1) is 0 Å². The first-order valence-electron chi connectivity index (χ1n) is 17.1. The number of hydrogen-bond donors (Lipinski definition) is 4. The van der Waals surface area contributed by atoms with Crippen LogP contribution in [0.5, 0.6) is 0 Å². The summed E-state index contributed by atoms with van der Waals surface area (Å²) >= 11 is 6.08. The summed E-state index contributed by atoms with van der Waals surface area (Å²) in [6, 6.07) is 31.1. The summed E-state index contributed by atoms with van der Waals surface area (Å²) < 4.78 is 13.2. The molecule has 0 aromatic heterocycles. The van der Waals surface area contributed by atoms with Crippen LogP contribution in [-0.4, -0.2) is 57.8 Å². The molecule has 3 atom stereocenters. The molecule has 9 nitrogen and oxygen atoms in total. The molecule has 10 heteroatoms. The number of nitrogens with one attached hydrogen (secondary N) is 1. The molecule has 2 heterocycles. The Labute approximate surface area is 297 Å². The number of hydrogen-bond acceptors (Lipinski definition) is 7. The summed E-state index contributed by atoms with van der Waals surface area (Å²) in [5.74, 6) is -1.31. The first kappa shape index (κ1) is 35.7. The van der Waals surface area contributed by atoms with Crippen molar-refractivity contribution in [3.8, 4) is 11.1 Å². The van der Waals surface area contributed by atoms with E-state index in [4.69, 9.17) is 26.2 Å².